The molecule has 0 aromatic heterocycles. The molecule has 1 spiro atoms. The van der Waals surface area contributed by atoms with Gasteiger partial charge in [-0.1, -0.05) is 13.8 Å². The van der Waals surface area contributed by atoms with Crippen molar-refractivity contribution in [3.8, 4) is 0 Å². The zero-order chi connectivity index (χ0) is 19.8. The van der Waals surface area contributed by atoms with Crippen molar-refractivity contribution < 1.29 is 14.4 Å². The summed E-state index contributed by atoms with van der Waals surface area (Å²) in [5.41, 5.74) is -0.403. The molecule has 0 unspecified atom stereocenters. The van der Waals surface area contributed by atoms with Crippen LogP contribution in [0.5, 0.6) is 0 Å². The fourth-order valence-electron chi connectivity index (χ4n) is 5.56. The smallest absolute Gasteiger partial charge is 0.317 e. The van der Waals surface area contributed by atoms with Crippen molar-refractivity contribution in [2.45, 2.75) is 46.5 Å². The average Bonchev–Trinajstić information content (AvgIpc) is 3.17. The molecule has 1 aliphatic carbocycles. The first-order valence-corrected chi connectivity index (χ1v) is 10.2. The van der Waals surface area contributed by atoms with Gasteiger partial charge in [0.15, 0.2) is 0 Å². The number of carbonyl (C=O) groups excluding carboxylic acids is 3. The van der Waals surface area contributed by atoms with Gasteiger partial charge in [0.1, 0.15) is 0 Å². The van der Waals surface area contributed by atoms with Gasteiger partial charge in [-0.3, -0.25) is 9.59 Å². The van der Waals surface area contributed by atoms with Crippen molar-refractivity contribution in [1.29, 1.82) is 0 Å². The molecule has 3 rings (SSSR count). The molecule has 2 saturated heterocycles. The third-order valence-electron chi connectivity index (χ3n) is 7.18. The van der Waals surface area contributed by atoms with E-state index in [-0.39, 0.29) is 29.2 Å². The monoisotopic (exact) mass is 378 g/mol. The number of likely N-dealkylation sites (tertiary alicyclic amines) is 2. The highest BCUT2D eigenvalue weighted by Crippen LogP contribution is 2.62. The van der Waals surface area contributed by atoms with Crippen LogP contribution < -0.4 is 10.6 Å². The summed E-state index contributed by atoms with van der Waals surface area (Å²) in [4.78, 5) is 41.0. The fraction of sp³-hybridized carbons (Fsp3) is 0.850. The number of carbonyl (C=O) groups is 3. The first kappa shape index (κ1) is 20.0. The molecule has 4 amide bonds. The van der Waals surface area contributed by atoms with Gasteiger partial charge < -0.3 is 20.4 Å². The number of amides is 4. The maximum Gasteiger partial charge on any atom is 0.317 e. The minimum Gasteiger partial charge on any atom is -0.355 e. The van der Waals surface area contributed by atoms with E-state index in [4.69, 9.17) is 0 Å². The molecule has 2 heterocycles. The molecule has 1 saturated carbocycles. The Labute approximate surface area is 162 Å². The van der Waals surface area contributed by atoms with E-state index < -0.39 is 5.41 Å². The predicted molar refractivity (Wildman–Crippen MR) is 103 cm³/mol. The highest BCUT2D eigenvalue weighted by molar-refractivity contribution is 5.86. The Balaban J connectivity index is 1.81. The molecule has 0 aromatic rings. The van der Waals surface area contributed by atoms with Crippen molar-refractivity contribution in [2.75, 3.05) is 39.8 Å². The van der Waals surface area contributed by atoms with Crippen LogP contribution in [0.4, 0.5) is 4.79 Å². The van der Waals surface area contributed by atoms with Gasteiger partial charge in [0.25, 0.3) is 0 Å². The maximum atomic E-state index is 13.2. The van der Waals surface area contributed by atoms with E-state index in [0.29, 0.717) is 25.6 Å². The molecule has 7 nitrogen and oxygen atoms in total. The molecule has 3 aliphatic rings. The normalized spacial score (nSPS) is 29.1. The Morgan fingerprint density at radius 1 is 1.07 bits per heavy atom. The maximum absolute atomic E-state index is 13.2. The molecule has 0 aromatic carbocycles. The summed E-state index contributed by atoms with van der Waals surface area (Å²) in [5.74, 6) is 0.766. The van der Waals surface area contributed by atoms with Crippen LogP contribution in [0.2, 0.25) is 0 Å². The number of nitrogens with zero attached hydrogens (tertiary/aromatic N) is 2. The van der Waals surface area contributed by atoms with Crippen molar-refractivity contribution in [2.24, 2.45) is 22.7 Å². The highest BCUT2D eigenvalue weighted by Gasteiger charge is 2.64. The Kier molecular flexibility index (Phi) is 5.41. The van der Waals surface area contributed by atoms with E-state index in [2.05, 4.69) is 24.5 Å². The van der Waals surface area contributed by atoms with Crippen LogP contribution in [-0.4, -0.2) is 67.4 Å². The molecular weight excluding hydrogens is 344 g/mol. The topological polar surface area (TPSA) is 81.8 Å². The molecule has 2 N–H and O–H groups in total. The SMILES string of the molecule is CNC(=O)N1CCC2(CC1)CC[C@@]1(C(=O)NCC(C)C)CN(C(C)=O)C[C@@H]21. The van der Waals surface area contributed by atoms with Crippen molar-refractivity contribution in [3.05, 3.63) is 0 Å². The molecule has 2 aliphatic heterocycles. The Bertz CT molecular complexity index is 612. The summed E-state index contributed by atoms with van der Waals surface area (Å²) in [7, 11) is 1.66. The summed E-state index contributed by atoms with van der Waals surface area (Å²) in [5, 5.41) is 5.86. The Hall–Kier alpha value is -1.79. The lowest BCUT2D eigenvalue weighted by Crippen LogP contribution is -2.51. The van der Waals surface area contributed by atoms with Crippen molar-refractivity contribution >= 4 is 17.8 Å². The summed E-state index contributed by atoms with van der Waals surface area (Å²) < 4.78 is 0. The molecule has 7 heteroatoms. The van der Waals surface area contributed by atoms with Gasteiger partial charge in [0.05, 0.1) is 5.41 Å². The fourth-order valence-corrected chi connectivity index (χ4v) is 5.56. The minimum atomic E-state index is -0.463. The first-order chi connectivity index (χ1) is 12.7. The molecular formula is C20H34N4O3. The minimum absolute atomic E-state index is 0.0272. The van der Waals surface area contributed by atoms with Crippen LogP contribution in [0, 0.1) is 22.7 Å². The lowest BCUT2D eigenvalue weighted by molar-refractivity contribution is -0.133. The first-order valence-electron chi connectivity index (χ1n) is 10.2. The van der Waals surface area contributed by atoms with Crippen molar-refractivity contribution in [3.63, 3.8) is 0 Å². The Morgan fingerprint density at radius 3 is 2.30 bits per heavy atom. The standard InChI is InChI=1S/C20H34N4O3/c1-14(2)11-22-17(26)20-6-5-19(16(20)12-24(13-20)15(3)25)7-9-23(10-8-19)18(27)21-4/h14,16H,5-13H2,1-4H3,(H,21,27)(H,22,26)/t16-,20+/m0/s1. The zero-order valence-electron chi connectivity index (χ0n) is 17.1. The number of urea groups is 1. The van der Waals surface area contributed by atoms with Crippen LogP contribution >= 0.6 is 0 Å². The molecule has 0 bridgehead atoms. The van der Waals surface area contributed by atoms with E-state index in [1.54, 1.807) is 14.0 Å². The number of hydrogen-bond donors (Lipinski definition) is 2. The largest absolute Gasteiger partial charge is 0.355 e. The van der Waals surface area contributed by atoms with Crippen LogP contribution in [-0.2, 0) is 9.59 Å². The van der Waals surface area contributed by atoms with Gasteiger partial charge >= 0.3 is 6.03 Å². The third kappa shape index (κ3) is 3.41. The van der Waals surface area contributed by atoms with Crippen molar-refractivity contribution in [1.82, 2.24) is 20.4 Å². The van der Waals surface area contributed by atoms with Gasteiger partial charge in [-0.05, 0) is 42.9 Å². The second-order valence-electron chi connectivity index (χ2n) is 9.12. The summed E-state index contributed by atoms with van der Waals surface area (Å²) in [6.45, 7) is 9.11. The number of hydrogen-bond acceptors (Lipinski definition) is 3. The van der Waals surface area contributed by atoms with E-state index in [1.165, 1.54) is 0 Å². The van der Waals surface area contributed by atoms with E-state index in [1.807, 2.05) is 9.80 Å². The molecule has 2 atom stereocenters. The third-order valence-corrected chi connectivity index (χ3v) is 7.18. The van der Waals surface area contributed by atoms with Crippen LogP contribution in [0.3, 0.4) is 0 Å². The predicted octanol–water partition coefficient (Wildman–Crippen LogP) is 1.44. The summed E-state index contributed by atoms with van der Waals surface area (Å²) in [6.07, 6.45) is 3.68. The zero-order valence-corrected chi connectivity index (χ0v) is 17.1. The lowest BCUT2D eigenvalue weighted by atomic mass is 9.65. The second kappa shape index (κ2) is 7.32. The summed E-state index contributed by atoms with van der Waals surface area (Å²) in [6, 6.07) is -0.0272. The lowest BCUT2D eigenvalue weighted by Gasteiger charge is -2.44. The van der Waals surface area contributed by atoms with Gasteiger partial charge in [0.2, 0.25) is 11.8 Å². The molecule has 152 valence electrons. The van der Waals surface area contributed by atoms with Gasteiger partial charge in [0, 0.05) is 46.7 Å². The molecule has 0 radical (unpaired) electrons. The van der Waals surface area contributed by atoms with Crippen LogP contribution in [0.25, 0.3) is 0 Å². The van der Waals surface area contributed by atoms with Gasteiger partial charge in [-0.15, -0.1) is 0 Å². The van der Waals surface area contributed by atoms with Gasteiger partial charge in [-0.25, -0.2) is 4.79 Å². The highest BCUT2D eigenvalue weighted by atomic mass is 16.2. The molecule has 27 heavy (non-hydrogen) atoms. The second-order valence-corrected chi connectivity index (χ2v) is 9.12. The number of fused-ring (bicyclic) bond motifs is 2. The summed E-state index contributed by atoms with van der Waals surface area (Å²) >= 11 is 0. The quantitative estimate of drug-likeness (QED) is 0.780. The number of piperidine rings is 1. The van der Waals surface area contributed by atoms with Crippen LogP contribution in [0.15, 0.2) is 0 Å². The van der Waals surface area contributed by atoms with E-state index >= 15 is 0 Å². The number of rotatable bonds is 3. The van der Waals surface area contributed by atoms with E-state index in [0.717, 1.165) is 38.8 Å². The Morgan fingerprint density at radius 2 is 1.74 bits per heavy atom. The average molecular weight is 379 g/mol. The van der Waals surface area contributed by atoms with Gasteiger partial charge in [-0.2, -0.15) is 0 Å². The molecule has 3 fully saturated rings. The van der Waals surface area contributed by atoms with E-state index in [9.17, 15) is 14.4 Å². The van der Waals surface area contributed by atoms with Crippen LogP contribution in [0.1, 0.15) is 46.5 Å². The number of nitrogens with one attached hydrogen (secondary N) is 2.